The van der Waals surface area contributed by atoms with E-state index in [0.717, 1.165) is 42.1 Å². The predicted molar refractivity (Wildman–Crippen MR) is 98.8 cm³/mol. The zero-order valence-corrected chi connectivity index (χ0v) is 14.5. The maximum Gasteiger partial charge on any atom is 0.316 e. The van der Waals surface area contributed by atoms with Gasteiger partial charge in [-0.3, -0.25) is 4.79 Å². The molecule has 3 aromatic rings. The minimum absolute atomic E-state index is 0.0746. The van der Waals surface area contributed by atoms with Crippen molar-refractivity contribution in [3.05, 3.63) is 54.5 Å². The second-order valence-electron chi connectivity index (χ2n) is 6.73. The van der Waals surface area contributed by atoms with E-state index in [1.807, 2.05) is 30.5 Å². The fourth-order valence-corrected chi connectivity index (χ4v) is 3.55. The number of fused-ring (bicyclic) bond motifs is 1. The van der Waals surface area contributed by atoms with Crippen LogP contribution in [0.25, 0.3) is 10.9 Å². The van der Waals surface area contributed by atoms with Crippen LogP contribution in [0.4, 0.5) is 0 Å². The van der Waals surface area contributed by atoms with E-state index in [9.17, 15) is 4.79 Å². The molecule has 6 nitrogen and oxygen atoms in total. The number of aromatic amines is 1. The number of carbonyl (C=O) groups is 1. The van der Waals surface area contributed by atoms with E-state index in [4.69, 9.17) is 4.74 Å². The van der Waals surface area contributed by atoms with Gasteiger partial charge in [0, 0.05) is 35.5 Å². The Kier molecular flexibility index (Phi) is 4.82. The first kappa shape index (κ1) is 16.6. The van der Waals surface area contributed by atoms with Crippen molar-refractivity contribution >= 4 is 16.8 Å². The molecule has 0 atom stereocenters. The summed E-state index contributed by atoms with van der Waals surface area (Å²) in [6, 6.07) is 10.5. The first-order valence-corrected chi connectivity index (χ1v) is 9.06. The van der Waals surface area contributed by atoms with E-state index in [-0.39, 0.29) is 18.1 Å². The van der Waals surface area contributed by atoms with Crippen LogP contribution in [0.5, 0.6) is 6.01 Å². The van der Waals surface area contributed by atoms with Gasteiger partial charge in [-0.1, -0.05) is 18.2 Å². The monoisotopic (exact) mass is 350 g/mol. The van der Waals surface area contributed by atoms with Gasteiger partial charge in [-0.05, 0) is 43.4 Å². The van der Waals surface area contributed by atoms with Crippen LogP contribution in [0, 0.1) is 0 Å². The topological polar surface area (TPSA) is 79.9 Å². The standard InChI is InChI=1S/C20H22N4O2/c25-19(12-14-13-23-18-5-2-1-4-17(14)18)24-15-6-8-16(9-7-15)26-20-21-10-3-11-22-20/h1-5,10-11,13,15-16,23H,6-9,12H2,(H,24,25). The normalized spacial score (nSPS) is 20.0. The highest BCUT2D eigenvalue weighted by atomic mass is 16.5. The molecule has 2 aromatic heterocycles. The Labute approximate surface area is 152 Å². The molecule has 1 aromatic carbocycles. The minimum Gasteiger partial charge on any atom is -0.460 e. The Balaban J connectivity index is 1.27. The van der Waals surface area contributed by atoms with Crippen LogP contribution in [0.2, 0.25) is 0 Å². The summed E-state index contributed by atoms with van der Waals surface area (Å²) in [6.07, 6.45) is 9.44. The highest BCUT2D eigenvalue weighted by Crippen LogP contribution is 2.23. The number of nitrogens with zero attached hydrogens (tertiary/aromatic N) is 2. The summed E-state index contributed by atoms with van der Waals surface area (Å²) in [5.41, 5.74) is 2.10. The molecule has 0 unspecified atom stereocenters. The molecule has 0 spiro atoms. The molecule has 0 saturated heterocycles. The number of para-hydroxylation sites is 1. The van der Waals surface area contributed by atoms with Crippen LogP contribution < -0.4 is 10.1 Å². The number of nitrogens with one attached hydrogen (secondary N) is 2. The number of carbonyl (C=O) groups excluding carboxylic acids is 1. The van der Waals surface area contributed by atoms with Crippen LogP contribution in [0.15, 0.2) is 48.9 Å². The maximum atomic E-state index is 12.4. The largest absolute Gasteiger partial charge is 0.460 e. The van der Waals surface area contributed by atoms with Crippen molar-refractivity contribution in [2.45, 2.75) is 44.2 Å². The quantitative estimate of drug-likeness (QED) is 0.741. The first-order valence-electron chi connectivity index (χ1n) is 9.06. The van der Waals surface area contributed by atoms with Crippen molar-refractivity contribution in [3.63, 3.8) is 0 Å². The molecule has 0 bridgehead atoms. The van der Waals surface area contributed by atoms with Gasteiger partial charge in [0.25, 0.3) is 0 Å². The van der Waals surface area contributed by atoms with Gasteiger partial charge in [-0.25, -0.2) is 9.97 Å². The molecule has 4 rings (SSSR count). The molecule has 1 amide bonds. The number of hydrogen-bond acceptors (Lipinski definition) is 4. The van der Waals surface area contributed by atoms with Crippen LogP contribution in [0.1, 0.15) is 31.2 Å². The lowest BCUT2D eigenvalue weighted by Crippen LogP contribution is -2.40. The van der Waals surface area contributed by atoms with Crippen LogP contribution in [0.3, 0.4) is 0 Å². The number of ether oxygens (including phenoxy) is 1. The second kappa shape index (κ2) is 7.56. The van der Waals surface area contributed by atoms with Crippen molar-refractivity contribution in [3.8, 4) is 6.01 Å². The van der Waals surface area contributed by atoms with Crippen molar-refractivity contribution in [2.24, 2.45) is 0 Å². The Morgan fingerprint density at radius 2 is 1.88 bits per heavy atom. The second-order valence-corrected chi connectivity index (χ2v) is 6.73. The smallest absolute Gasteiger partial charge is 0.316 e. The van der Waals surface area contributed by atoms with E-state index < -0.39 is 0 Å². The SMILES string of the molecule is O=C(Cc1c[nH]c2ccccc12)NC1CCC(Oc2ncccn2)CC1. The van der Waals surface area contributed by atoms with Crippen LogP contribution in [-0.2, 0) is 11.2 Å². The van der Waals surface area contributed by atoms with Crippen LogP contribution in [-0.4, -0.2) is 33.0 Å². The molecule has 1 aliphatic carbocycles. The van der Waals surface area contributed by atoms with E-state index >= 15 is 0 Å². The van der Waals surface area contributed by atoms with Gasteiger partial charge in [0.15, 0.2) is 0 Å². The molecular weight excluding hydrogens is 328 g/mol. The fourth-order valence-electron chi connectivity index (χ4n) is 3.55. The van der Waals surface area contributed by atoms with E-state index in [0.29, 0.717) is 12.4 Å². The van der Waals surface area contributed by atoms with E-state index in [1.165, 1.54) is 0 Å². The highest BCUT2D eigenvalue weighted by Gasteiger charge is 2.24. The summed E-state index contributed by atoms with van der Waals surface area (Å²) in [5, 5.41) is 4.28. The third kappa shape index (κ3) is 3.85. The number of aromatic nitrogens is 3. The number of hydrogen-bond donors (Lipinski definition) is 2. The average Bonchev–Trinajstić information content (AvgIpc) is 3.07. The van der Waals surface area contributed by atoms with Crippen molar-refractivity contribution in [2.75, 3.05) is 0 Å². The molecule has 2 heterocycles. The first-order chi connectivity index (χ1) is 12.8. The zero-order valence-electron chi connectivity index (χ0n) is 14.5. The van der Waals surface area contributed by atoms with Gasteiger partial charge in [0.2, 0.25) is 5.91 Å². The summed E-state index contributed by atoms with van der Waals surface area (Å²) in [7, 11) is 0. The zero-order chi connectivity index (χ0) is 17.8. The maximum absolute atomic E-state index is 12.4. The molecule has 26 heavy (non-hydrogen) atoms. The minimum atomic E-state index is 0.0746. The molecule has 1 saturated carbocycles. The average molecular weight is 350 g/mol. The van der Waals surface area contributed by atoms with Gasteiger partial charge in [-0.2, -0.15) is 0 Å². The molecule has 2 N–H and O–H groups in total. The van der Waals surface area contributed by atoms with E-state index in [1.54, 1.807) is 18.5 Å². The van der Waals surface area contributed by atoms with Gasteiger partial charge < -0.3 is 15.0 Å². The molecule has 0 aliphatic heterocycles. The fraction of sp³-hybridized carbons (Fsp3) is 0.350. The van der Waals surface area contributed by atoms with Gasteiger partial charge in [0.05, 0.1) is 6.42 Å². The summed E-state index contributed by atoms with van der Waals surface area (Å²) >= 11 is 0. The number of rotatable bonds is 5. The third-order valence-electron chi connectivity index (χ3n) is 4.88. The molecule has 0 radical (unpaired) electrons. The number of benzene rings is 1. The lowest BCUT2D eigenvalue weighted by atomic mass is 9.93. The summed E-state index contributed by atoms with van der Waals surface area (Å²) < 4.78 is 5.80. The van der Waals surface area contributed by atoms with E-state index in [2.05, 4.69) is 20.3 Å². The Hall–Kier alpha value is -2.89. The highest BCUT2D eigenvalue weighted by molar-refractivity contribution is 5.88. The molecule has 134 valence electrons. The number of H-pyrrole nitrogens is 1. The van der Waals surface area contributed by atoms with Crippen molar-refractivity contribution in [1.82, 2.24) is 20.3 Å². The molecular formula is C20H22N4O2. The summed E-state index contributed by atoms with van der Waals surface area (Å²) in [4.78, 5) is 23.8. The van der Waals surface area contributed by atoms with Gasteiger partial charge >= 0.3 is 6.01 Å². The summed E-state index contributed by atoms with van der Waals surface area (Å²) in [6.45, 7) is 0. The van der Waals surface area contributed by atoms with Crippen molar-refractivity contribution < 1.29 is 9.53 Å². The summed E-state index contributed by atoms with van der Waals surface area (Å²) in [5.74, 6) is 0.0746. The molecule has 6 heteroatoms. The molecule has 1 fully saturated rings. The van der Waals surface area contributed by atoms with Crippen molar-refractivity contribution in [1.29, 1.82) is 0 Å². The number of amides is 1. The predicted octanol–water partition coefficient (Wildman–Crippen LogP) is 3.01. The van der Waals surface area contributed by atoms with Crippen LogP contribution >= 0.6 is 0 Å². The molecule has 1 aliphatic rings. The van der Waals surface area contributed by atoms with Gasteiger partial charge in [0.1, 0.15) is 6.10 Å². The van der Waals surface area contributed by atoms with Gasteiger partial charge in [-0.15, -0.1) is 0 Å². The Bertz CT molecular complexity index is 870. The lowest BCUT2D eigenvalue weighted by molar-refractivity contribution is -0.121. The Morgan fingerprint density at radius 1 is 1.12 bits per heavy atom. The third-order valence-corrected chi connectivity index (χ3v) is 4.88. The Morgan fingerprint density at radius 3 is 2.69 bits per heavy atom. The lowest BCUT2D eigenvalue weighted by Gasteiger charge is -2.28.